The third-order valence-electron chi connectivity index (χ3n) is 6.11. The summed E-state index contributed by atoms with van der Waals surface area (Å²) in [5, 5.41) is 3.20. The highest BCUT2D eigenvalue weighted by Gasteiger charge is 2.32. The van der Waals surface area contributed by atoms with Crippen LogP contribution < -0.4 is 5.32 Å². The molecule has 2 aromatic rings. The number of halogens is 1. The molecule has 0 bridgehead atoms. The van der Waals surface area contributed by atoms with E-state index in [-0.39, 0.29) is 17.8 Å². The standard InChI is InChI=1S/C27H34BrNO3/c1-18-19(14-17-24(30)32-27(2,3)4)10-7-11-23(18)29-26(31)25(20-8-5-6-9-20)21-12-15-22(28)16-13-21/h7,10-13,15-16,20,25H,5-6,8-9,14,17H2,1-4H3,(H,29,31)/t25-/m1/s1. The first-order valence-electron chi connectivity index (χ1n) is 11.5. The number of esters is 1. The first-order valence-corrected chi connectivity index (χ1v) is 12.3. The number of aryl methyl sites for hydroxylation is 1. The van der Waals surface area contributed by atoms with Crippen molar-refractivity contribution in [3.8, 4) is 0 Å². The summed E-state index contributed by atoms with van der Waals surface area (Å²) in [5.41, 5.74) is 3.46. The van der Waals surface area contributed by atoms with E-state index in [0.717, 1.165) is 39.7 Å². The Labute approximate surface area is 200 Å². The molecule has 5 heteroatoms. The number of amides is 1. The first-order chi connectivity index (χ1) is 15.1. The van der Waals surface area contributed by atoms with Gasteiger partial charge in [0, 0.05) is 16.6 Å². The summed E-state index contributed by atoms with van der Waals surface area (Å²) in [5.74, 6) is 0.0525. The highest BCUT2D eigenvalue weighted by molar-refractivity contribution is 9.10. The van der Waals surface area contributed by atoms with Crippen molar-refractivity contribution in [2.75, 3.05) is 5.32 Å². The van der Waals surface area contributed by atoms with Crippen LogP contribution in [0.3, 0.4) is 0 Å². The number of rotatable bonds is 7. The topological polar surface area (TPSA) is 55.4 Å². The molecule has 2 aromatic carbocycles. The van der Waals surface area contributed by atoms with E-state index in [1.165, 1.54) is 12.8 Å². The molecule has 1 aliphatic carbocycles. The molecule has 1 N–H and O–H groups in total. The van der Waals surface area contributed by atoms with E-state index in [9.17, 15) is 9.59 Å². The molecule has 1 fully saturated rings. The zero-order valence-electron chi connectivity index (χ0n) is 19.5. The number of ether oxygens (including phenoxy) is 1. The lowest BCUT2D eigenvalue weighted by Gasteiger charge is -2.24. The second kappa shape index (κ2) is 10.7. The molecule has 1 atom stereocenters. The van der Waals surface area contributed by atoms with Gasteiger partial charge >= 0.3 is 5.97 Å². The number of carbonyl (C=O) groups excluding carboxylic acids is 2. The molecule has 3 rings (SSSR count). The lowest BCUT2D eigenvalue weighted by molar-refractivity contribution is -0.154. The third-order valence-corrected chi connectivity index (χ3v) is 6.63. The van der Waals surface area contributed by atoms with Crippen LogP contribution in [0, 0.1) is 12.8 Å². The Morgan fingerprint density at radius 3 is 2.38 bits per heavy atom. The maximum absolute atomic E-state index is 13.5. The monoisotopic (exact) mass is 499 g/mol. The molecule has 1 saturated carbocycles. The number of anilines is 1. The molecular weight excluding hydrogens is 466 g/mol. The van der Waals surface area contributed by atoms with Crippen molar-refractivity contribution in [1.29, 1.82) is 0 Å². The summed E-state index contributed by atoms with van der Waals surface area (Å²) >= 11 is 3.49. The average molecular weight is 500 g/mol. The predicted molar refractivity (Wildman–Crippen MR) is 133 cm³/mol. The van der Waals surface area contributed by atoms with E-state index in [2.05, 4.69) is 33.4 Å². The molecule has 0 radical (unpaired) electrons. The van der Waals surface area contributed by atoms with E-state index in [4.69, 9.17) is 4.74 Å². The Morgan fingerprint density at radius 2 is 1.75 bits per heavy atom. The van der Waals surface area contributed by atoms with E-state index < -0.39 is 5.60 Å². The van der Waals surface area contributed by atoms with Crippen LogP contribution in [0.1, 0.15) is 75.5 Å². The Morgan fingerprint density at radius 1 is 1.09 bits per heavy atom. The Balaban J connectivity index is 1.74. The fraction of sp³-hybridized carbons (Fsp3) is 0.481. The minimum absolute atomic E-state index is 0.0478. The van der Waals surface area contributed by atoms with Crippen LogP contribution in [0.5, 0.6) is 0 Å². The van der Waals surface area contributed by atoms with E-state index in [1.54, 1.807) is 0 Å². The molecule has 0 aromatic heterocycles. The van der Waals surface area contributed by atoms with Crippen LogP contribution in [0.4, 0.5) is 5.69 Å². The molecule has 0 unspecified atom stereocenters. The summed E-state index contributed by atoms with van der Waals surface area (Å²) in [6.45, 7) is 7.62. The van der Waals surface area contributed by atoms with Crippen molar-refractivity contribution in [2.45, 2.75) is 77.7 Å². The van der Waals surface area contributed by atoms with Crippen LogP contribution in [0.25, 0.3) is 0 Å². The van der Waals surface area contributed by atoms with E-state index in [0.29, 0.717) is 18.8 Å². The first kappa shape index (κ1) is 24.5. The van der Waals surface area contributed by atoms with Crippen molar-refractivity contribution in [1.82, 2.24) is 0 Å². The average Bonchev–Trinajstić information content (AvgIpc) is 3.23. The quantitative estimate of drug-likeness (QED) is 0.419. The summed E-state index contributed by atoms with van der Waals surface area (Å²) in [6.07, 6.45) is 5.45. The van der Waals surface area contributed by atoms with Crippen molar-refractivity contribution in [2.24, 2.45) is 5.92 Å². The maximum Gasteiger partial charge on any atom is 0.306 e. The molecule has 1 amide bonds. The minimum Gasteiger partial charge on any atom is -0.460 e. The van der Waals surface area contributed by atoms with Crippen LogP contribution in [0.15, 0.2) is 46.9 Å². The smallest absolute Gasteiger partial charge is 0.306 e. The summed E-state index contributed by atoms with van der Waals surface area (Å²) in [7, 11) is 0. The lowest BCUT2D eigenvalue weighted by atomic mass is 9.84. The lowest BCUT2D eigenvalue weighted by Crippen LogP contribution is -2.27. The Bertz CT molecular complexity index is 940. The van der Waals surface area contributed by atoms with Gasteiger partial charge in [0.25, 0.3) is 0 Å². The van der Waals surface area contributed by atoms with Gasteiger partial charge in [-0.15, -0.1) is 0 Å². The third kappa shape index (κ3) is 6.68. The van der Waals surface area contributed by atoms with Crippen LogP contribution >= 0.6 is 15.9 Å². The van der Waals surface area contributed by atoms with Crippen LogP contribution in [-0.4, -0.2) is 17.5 Å². The maximum atomic E-state index is 13.5. The molecule has 0 saturated heterocycles. The predicted octanol–water partition coefficient (Wildman–Crippen LogP) is 6.94. The number of benzene rings is 2. The van der Waals surface area contributed by atoms with Crippen molar-refractivity contribution in [3.63, 3.8) is 0 Å². The van der Waals surface area contributed by atoms with Crippen molar-refractivity contribution in [3.05, 3.63) is 63.6 Å². The summed E-state index contributed by atoms with van der Waals surface area (Å²) in [6, 6.07) is 14.0. The molecule has 4 nitrogen and oxygen atoms in total. The van der Waals surface area contributed by atoms with Crippen molar-refractivity contribution >= 4 is 33.5 Å². The van der Waals surface area contributed by atoms with Crippen LogP contribution in [-0.2, 0) is 20.7 Å². The summed E-state index contributed by atoms with van der Waals surface area (Å²) < 4.78 is 6.44. The molecule has 0 heterocycles. The molecule has 0 aliphatic heterocycles. The largest absolute Gasteiger partial charge is 0.460 e. The van der Waals surface area contributed by atoms with Gasteiger partial charge in [-0.3, -0.25) is 9.59 Å². The molecular formula is C27H34BrNO3. The second-order valence-corrected chi connectivity index (χ2v) is 10.7. The Hall–Kier alpha value is -2.14. The van der Waals surface area contributed by atoms with E-state index >= 15 is 0 Å². The second-order valence-electron chi connectivity index (χ2n) is 9.74. The summed E-state index contributed by atoms with van der Waals surface area (Å²) in [4.78, 5) is 25.6. The number of hydrogen-bond acceptors (Lipinski definition) is 3. The normalized spacial score (nSPS) is 15.4. The molecule has 172 valence electrons. The van der Waals surface area contributed by atoms with Gasteiger partial charge in [-0.1, -0.05) is 53.0 Å². The zero-order chi connectivity index (χ0) is 23.3. The number of nitrogens with one attached hydrogen (secondary N) is 1. The fourth-order valence-corrected chi connectivity index (χ4v) is 4.79. The molecule has 0 spiro atoms. The van der Waals surface area contributed by atoms with Crippen LogP contribution in [0.2, 0.25) is 0 Å². The van der Waals surface area contributed by atoms with Crippen molar-refractivity contribution < 1.29 is 14.3 Å². The zero-order valence-corrected chi connectivity index (χ0v) is 21.1. The number of carbonyl (C=O) groups is 2. The van der Waals surface area contributed by atoms with E-state index in [1.807, 2.05) is 58.0 Å². The van der Waals surface area contributed by atoms with Gasteiger partial charge in [0.15, 0.2) is 0 Å². The van der Waals surface area contributed by atoms with Gasteiger partial charge < -0.3 is 10.1 Å². The van der Waals surface area contributed by atoms with Gasteiger partial charge in [0.1, 0.15) is 5.60 Å². The minimum atomic E-state index is -0.482. The highest BCUT2D eigenvalue weighted by atomic mass is 79.9. The fourth-order valence-electron chi connectivity index (χ4n) is 4.53. The molecule has 1 aliphatic rings. The SMILES string of the molecule is Cc1c(CCC(=O)OC(C)(C)C)cccc1NC(=O)[C@@H](c1ccc(Br)cc1)C1CCCC1. The highest BCUT2D eigenvalue weighted by Crippen LogP contribution is 2.38. The van der Waals surface area contributed by atoms with Gasteiger partial charge in [0.2, 0.25) is 5.91 Å². The van der Waals surface area contributed by atoms with Gasteiger partial charge in [0.05, 0.1) is 5.92 Å². The van der Waals surface area contributed by atoms with Gasteiger partial charge in [-0.2, -0.15) is 0 Å². The van der Waals surface area contributed by atoms with Gasteiger partial charge in [-0.25, -0.2) is 0 Å². The Kier molecular flexibility index (Phi) is 8.16. The number of hydrogen-bond donors (Lipinski definition) is 1. The van der Waals surface area contributed by atoms with Gasteiger partial charge in [-0.05, 0) is 87.8 Å². The molecule has 32 heavy (non-hydrogen) atoms.